The first-order chi connectivity index (χ1) is 8.08. The number of phenolic OH excluding ortho intramolecular Hbond substituents is 1. The molecule has 1 aliphatic heterocycles. The number of piperidine rings is 1. The van der Waals surface area contributed by atoms with Crippen molar-refractivity contribution in [1.82, 2.24) is 4.90 Å². The number of rotatable bonds is 1. The molecule has 2 rings (SSSR count). The average Bonchev–Trinajstić information content (AvgIpc) is 2.32. The van der Waals surface area contributed by atoms with Gasteiger partial charge in [0.1, 0.15) is 5.75 Å². The van der Waals surface area contributed by atoms with E-state index in [1.54, 1.807) is 11.0 Å². The minimum atomic E-state index is -0.0814. The SMILES string of the molecule is NC1CCCN(C(=O)c2ccc(O)c(Cl)c2)C1. The number of likely N-dealkylation sites (tertiary alicyclic amines) is 1. The Kier molecular flexibility index (Phi) is 3.54. The van der Waals surface area contributed by atoms with Crippen LogP contribution in [0.1, 0.15) is 23.2 Å². The van der Waals surface area contributed by atoms with Gasteiger partial charge in [0, 0.05) is 24.7 Å². The van der Waals surface area contributed by atoms with Crippen molar-refractivity contribution < 1.29 is 9.90 Å². The van der Waals surface area contributed by atoms with Gasteiger partial charge in [-0.3, -0.25) is 4.79 Å². The van der Waals surface area contributed by atoms with Crippen molar-refractivity contribution in [2.75, 3.05) is 13.1 Å². The summed E-state index contributed by atoms with van der Waals surface area (Å²) in [6.45, 7) is 1.31. The first kappa shape index (κ1) is 12.2. The molecule has 1 aliphatic rings. The van der Waals surface area contributed by atoms with Crippen molar-refractivity contribution in [2.24, 2.45) is 5.73 Å². The van der Waals surface area contributed by atoms with E-state index in [0.29, 0.717) is 12.1 Å². The number of nitrogens with zero attached hydrogens (tertiary/aromatic N) is 1. The van der Waals surface area contributed by atoms with E-state index in [9.17, 15) is 9.90 Å². The lowest BCUT2D eigenvalue weighted by Gasteiger charge is -2.30. The smallest absolute Gasteiger partial charge is 0.253 e. The number of amides is 1. The first-order valence-electron chi connectivity index (χ1n) is 5.61. The molecule has 4 nitrogen and oxygen atoms in total. The number of nitrogens with two attached hydrogens (primary N) is 1. The fourth-order valence-corrected chi connectivity index (χ4v) is 2.20. The lowest BCUT2D eigenvalue weighted by atomic mass is 10.1. The number of benzene rings is 1. The Labute approximate surface area is 105 Å². The second-order valence-electron chi connectivity index (χ2n) is 4.32. The molecule has 1 saturated heterocycles. The average molecular weight is 255 g/mol. The van der Waals surface area contributed by atoms with Gasteiger partial charge in [-0.2, -0.15) is 0 Å². The molecule has 1 aromatic rings. The number of carbonyl (C=O) groups is 1. The molecule has 1 heterocycles. The van der Waals surface area contributed by atoms with Gasteiger partial charge in [-0.05, 0) is 31.0 Å². The van der Waals surface area contributed by atoms with Crippen molar-refractivity contribution in [2.45, 2.75) is 18.9 Å². The molecule has 17 heavy (non-hydrogen) atoms. The van der Waals surface area contributed by atoms with Gasteiger partial charge in [0.2, 0.25) is 0 Å². The zero-order valence-corrected chi connectivity index (χ0v) is 10.2. The Morgan fingerprint density at radius 2 is 2.29 bits per heavy atom. The second-order valence-corrected chi connectivity index (χ2v) is 4.73. The number of phenols is 1. The van der Waals surface area contributed by atoms with Gasteiger partial charge in [-0.1, -0.05) is 11.6 Å². The van der Waals surface area contributed by atoms with Crippen molar-refractivity contribution in [3.63, 3.8) is 0 Å². The Bertz CT molecular complexity index is 437. The Balaban J connectivity index is 2.15. The lowest BCUT2D eigenvalue weighted by Crippen LogP contribution is -2.45. The summed E-state index contributed by atoms with van der Waals surface area (Å²) in [4.78, 5) is 13.9. The molecule has 0 radical (unpaired) electrons. The molecule has 0 saturated carbocycles. The number of aromatic hydroxyl groups is 1. The third kappa shape index (κ3) is 2.70. The van der Waals surface area contributed by atoms with Crippen molar-refractivity contribution >= 4 is 17.5 Å². The monoisotopic (exact) mass is 254 g/mol. The molecule has 5 heteroatoms. The van der Waals surface area contributed by atoms with E-state index in [-0.39, 0.29) is 22.7 Å². The fourth-order valence-electron chi connectivity index (χ4n) is 2.02. The standard InChI is InChI=1S/C12H15ClN2O2/c13-10-6-8(3-4-11(10)16)12(17)15-5-1-2-9(14)7-15/h3-4,6,9,16H,1-2,5,7,14H2. The molecular weight excluding hydrogens is 240 g/mol. The summed E-state index contributed by atoms with van der Waals surface area (Å²) in [5.74, 6) is -0.0967. The van der Waals surface area contributed by atoms with Crippen LogP contribution >= 0.6 is 11.6 Å². The maximum atomic E-state index is 12.1. The van der Waals surface area contributed by atoms with Gasteiger partial charge < -0.3 is 15.7 Å². The van der Waals surface area contributed by atoms with E-state index in [1.165, 1.54) is 12.1 Å². The largest absolute Gasteiger partial charge is 0.506 e. The Morgan fingerprint density at radius 3 is 2.94 bits per heavy atom. The van der Waals surface area contributed by atoms with Crippen LogP contribution in [0.4, 0.5) is 0 Å². The van der Waals surface area contributed by atoms with Crippen molar-refractivity contribution in [3.05, 3.63) is 28.8 Å². The molecule has 1 unspecified atom stereocenters. The van der Waals surface area contributed by atoms with E-state index in [4.69, 9.17) is 17.3 Å². The summed E-state index contributed by atoms with van der Waals surface area (Å²) in [6, 6.07) is 4.54. The molecule has 1 atom stereocenters. The Hall–Kier alpha value is -1.26. The fraction of sp³-hybridized carbons (Fsp3) is 0.417. The van der Waals surface area contributed by atoms with Gasteiger partial charge in [0.25, 0.3) is 5.91 Å². The normalized spacial score (nSPS) is 20.4. The lowest BCUT2D eigenvalue weighted by molar-refractivity contribution is 0.0709. The number of carbonyl (C=O) groups excluding carboxylic acids is 1. The molecule has 0 spiro atoms. The highest BCUT2D eigenvalue weighted by Crippen LogP contribution is 2.24. The van der Waals surface area contributed by atoms with E-state index in [1.807, 2.05) is 0 Å². The van der Waals surface area contributed by atoms with Crippen LogP contribution in [0.25, 0.3) is 0 Å². The van der Waals surface area contributed by atoms with Crippen LogP contribution in [-0.2, 0) is 0 Å². The molecule has 1 amide bonds. The zero-order valence-electron chi connectivity index (χ0n) is 9.40. The van der Waals surface area contributed by atoms with Crippen molar-refractivity contribution in [3.8, 4) is 5.75 Å². The van der Waals surface area contributed by atoms with Crippen LogP contribution in [0.2, 0.25) is 5.02 Å². The summed E-state index contributed by atoms with van der Waals surface area (Å²) >= 11 is 5.78. The predicted molar refractivity (Wildman–Crippen MR) is 66.2 cm³/mol. The zero-order chi connectivity index (χ0) is 12.4. The molecule has 0 bridgehead atoms. The van der Waals surface area contributed by atoms with Gasteiger partial charge >= 0.3 is 0 Å². The van der Waals surface area contributed by atoms with E-state index < -0.39 is 0 Å². The highest BCUT2D eigenvalue weighted by molar-refractivity contribution is 6.32. The summed E-state index contributed by atoms with van der Waals surface area (Å²) < 4.78 is 0. The van der Waals surface area contributed by atoms with Gasteiger partial charge in [0.05, 0.1) is 5.02 Å². The van der Waals surface area contributed by atoms with Gasteiger partial charge in [0.15, 0.2) is 0 Å². The van der Waals surface area contributed by atoms with E-state index in [0.717, 1.165) is 19.4 Å². The molecular formula is C12H15ClN2O2. The first-order valence-corrected chi connectivity index (χ1v) is 5.99. The summed E-state index contributed by atoms with van der Waals surface area (Å²) in [7, 11) is 0. The minimum Gasteiger partial charge on any atom is -0.506 e. The van der Waals surface area contributed by atoms with Crippen LogP contribution in [-0.4, -0.2) is 35.0 Å². The van der Waals surface area contributed by atoms with Gasteiger partial charge in [-0.15, -0.1) is 0 Å². The van der Waals surface area contributed by atoms with Gasteiger partial charge in [-0.25, -0.2) is 0 Å². The number of halogens is 1. The van der Waals surface area contributed by atoms with Crippen LogP contribution in [0.3, 0.4) is 0 Å². The molecule has 0 aliphatic carbocycles. The highest BCUT2D eigenvalue weighted by Gasteiger charge is 2.22. The van der Waals surface area contributed by atoms with E-state index in [2.05, 4.69) is 0 Å². The predicted octanol–water partition coefficient (Wildman–Crippen LogP) is 1.61. The second kappa shape index (κ2) is 4.94. The maximum absolute atomic E-state index is 12.1. The summed E-state index contributed by atoms with van der Waals surface area (Å²) in [6.07, 6.45) is 1.89. The molecule has 1 fully saturated rings. The topological polar surface area (TPSA) is 66.6 Å². The molecule has 1 aromatic carbocycles. The number of hydrogen-bond donors (Lipinski definition) is 2. The van der Waals surface area contributed by atoms with Crippen LogP contribution in [0, 0.1) is 0 Å². The molecule has 0 aromatic heterocycles. The third-order valence-corrected chi connectivity index (χ3v) is 3.24. The number of hydrogen-bond acceptors (Lipinski definition) is 3. The molecule has 92 valence electrons. The molecule has 3 N–H and O–H groups in total. The van der Waals surface area contributed by atoms with E-state index >= 15 is 0 Å². The summed E-state index contributed by atoms with van der Waals surface area (Å²) in [5.41, 5.74) is 6.32. The van der Waals surface area contributed by atoms with Crippen LogP contribution in [0.15, 0.2) is 18.2 Å². The third-order valence-electron chi connectivity index (χ3n) is 2.94. The van der Waals surface area contributed by atoms with Crippen LogP contribution in [0.5, 0.6) is 5.75 Å². The quantitative estimate of drug-likeness (QED) is 0.800. The summed E-state index contributed by atoms with van der Waals surface area (Å²) in [5, 5.41) is 9.49. The minimum absolute atomic E-state index is 0.0152. The Morgan fingerprint density at radius 1 is 1.53 bits per heavy atom. The maximum Gasteiger partial charge on any atom is 0.253 e. The van der Waals surface area contributed by atoms with Crippen LogP contribution < -0.4 is 5.73 Å². The highest BCUT2D eigenvalue weighted by atomic mass is 35.5. The van der Waals surface area contributed by atoms with Crippen molar-refractivity contribution in [1.29, 1.82) is 0 Å².